The number of quaternary nitrogens is 1. The van der Waals surface area contributed by atoms with Gasteiger partial charge in [-0.3, -0.25) is 9.59 Å². The van der Waals surface area contributed by atoms with Crippen molar-refractivity contribution in [3.05, 3.63) is 64.5 Å². The number of carbonyl (C=O) groups is 2. The number of halogens is 1. The minimum absolute atomic E-state index is 0.107. The molecule has 2 aromatic rings. The van der Waals surface area contributed by atoms with Gasteiger partial charge in [-0.2, -0.15) is 0 Å². The number of fused-ring (bicyclic) bond motifs is 2. The van der Waals surface area contributed by atoms with Gasteiger partial charge in [0.1, 0.15) is 5.82 Å². The lowest BCUT2D eigenvalue weighted by Crippen LogP contribution is -2.52. The largest absolute Gasteiger partial charge is 0.379 e. The Morgan fingerprint density at radius 1 is 0.893 bits per heavy atom. The third kappa shape index (κ3) is 3.69. The van der Waals surface area contributed by atoms with E-state index in [4.69, 9.17) is 11.5 Å². The van der Waals surface area contributed by atoms with Crippen molar-refractivity contribution in [2.24, 2.45) is 11.5 Å². The van der Waals surface area contributed by atoms with Gasteiger partial charge in [0, 0.05) is 29.9 Å². The van der Waals surface area contributed by atoms with Crippen molar-refractivity contribution in [1.29, 1.82) is 0 Å². The molecular weight excluding hydrogens is 359 g/mol. The van der Waals surface area contributed by atoms with E-state index in [0.29, 0.717) is 35.4 Å². The maximum atomic E-state index is 14.4. The van der Waals surface area contributed by atoms with E-state index in [0.717, 1.165) is 19.6 Å². The Hall–Kier alpha value is -2.61. The number of nitrogens with zero attached hydrogens (tertiary/aromatic N) is 1. The Kier molecular flexibility index (Phi) is 5.88. The van der Waals surface area contributed by atoms with Crippen molar-refractivity contribution in [1.82, 2.24) is 0 Å². The molecule has 0 bridgehead atoms. The first-order valence-corrected chi connectivity index (χ1v) is 9.40. The fourth-order valence-electron chi connectivity index (χ4n) is 3.75. The first kappa shape index (κ1) is 20.1. The molecule has 6 nitrogen and oxygen atoms in total. The van der Waals surface area contributed by atoms with Crippen LogP contribution in [0.5, 0.6) is 0 Å². The van der Waals surface area contributed by atoms with Crippen molar-refractivity contribution in [3.63, 3.8) is 0 Å². The van der Waals surface area contributed by atoms with Crippen LogP contribution >= 0.6 is 0 Å². The highest BCUT2D eigenvalue weighted by molar-refractivity contribution is 6.30. The highest BCUT2D eigenvalue weighted by Crippen LogP contribution is 2.33. The molecule has 0 heterocycles. The zero-order chi connectivity index (χ0) is 20.3. The number of benzene rings is 2. The molecule has 0 unspecified atom stereocenters. The van der Waals surface area contributed by atoms with E-state index >= 15 is 0 Å². The molecule has 2 aromatic carbocycles. The highest BCUT2D eigenvalue weighted by Gasteiger charge is 2.34. The zero-order valence-electron chi connectivity index (χ0n) is 16.0. The smallest absolute Gasteiger partial charge is 0.197 e. The third-order valence-electron chi connectivity index (χ3n) is 5.33. The molecule has 0 saturated carbocycles. The molecule has 0 amide bonds. The van der Waals surface area contributed by atoms with Gasteiger partial charge in [0.05, 0.1) is 44.4 Å². The standard InChI is InChI=1S/C21H25FN4O2/c1-26(11-8-23,12-9-24)13-10-25-17-7-6-16(22)18-19(17)21(28)15-5-3-2-4-14(15)20(18)27/h2-7H,8-13,23-24H2,1H3/p+1. The van der Waals surface area contributed by atoms with Crippen molar-refractivity contribution in [2.75, 3.05) is 51.6 Å². The number of nitrogens with two attached hydrogens (primary N) is 2. The van der Waals surface area contributed by atoms with Gasteiger partial charge in [-0.25, -0.2) is 4.39 Å². The van der Waals surface area contributed by atoms with Crippen LogP contribution in [0.1, 0.15) is 31.8 Å². The van der Waals surface area contributed by atoms with Crippen LogP contribution in [0, 0.1) is 5.82 Å². The molecule has 0 spiro atoms. The molecule has 28 heavy (non-hydrogen) atoms. The first-order chi connectivity index (χ1) is 13.4. The first-order valence-electron chi connectivity index (χ1n) is 9.40. The summed E-state index contributed by atoms with van der Waals surface area (Å²) in [6.45, 7) is 3.94. The van der Waals surface area contributed by atoms with Gasteiger partial charge in [0.15, 0.2) is 11.6 Å². The van der Waals surface area contributed by atoms with Gasteiger partial charge in [-0.1, -0.05) is 24.3 Å². The summed E-state index contributed by atoms with van der Waals surface area (Å²) in [5.74, 6) is -1.48. The summed E-state index contributed by atoms with van der Waals surface area (Å²) < 4.78 is 15.1. The van der Waals surface area contributed by atoms with Crippen LogP contribution in [0.3, 0.4) is 0 Å². The molecule has 1 aliphatic rings. The van der Waals surface area contributed by atoms with E-state index in [1.807, 2.05) is 0 Å². The number of nitrogens with one attached hydrogen (secondary N) is 1. The second-order valence-corrected chi connectivity index (χ2v) is 7.34. The number of carbonyl (C=O) groups excluding carboxylic acids is 2. The molecule has 7 heteroatoms. The molecule has 0 aliphatic heterocycles. The van der Waals surface area contributed by atoms with Gasteiger partial charge in [-0.05, 0) is 12.1 Å². The van der Waals surface area contributed by atoms with Crippen LogP contribution in [0.15, 0.2) is 36.4 Å². The van der Waals surface area contributed by atoms with E-state index in [1.165, 1.54) is 12.1 Å². The van der Waals surface area contributed by atoms with Crippen LogP contribution in [-0.4, -0.2) is 62.4 Å². The maximum absolute atomic E-state index is 14.4. The summed E-state index contributed by atoms with van der Waals surface area (Å²) in [4.78, 5) is 25.8. The van der Waals surface area contributed by atoms with Gasteiger partial charge < -0.3 is 21.3 Å². The third-order valence-corrected chi connectivity index (χ3v) is 5.33. The second-order valence-electron chi connectivity index (χ2n) is 7.34. The molecule has 1 aliphatic carbocycles. The van der Waals surface area contributed by atoms with Gasteiger partial charge in [-0.15, -0.1) is 0 Å². The zero-order valence-corrected chi connectivity index (χ0v) is 16.0. The lowest BCUT2D eigenvalue weighted by atomic mass is 9.83. The molecule has 0 saturated heterocycles. The number of hydrogen-bond donors (Lipinski definition) is 3. The van der Waals surface area contributed by atoms with Crippen LogP contribution in [-0.2, 0) is 0 Å². The predicted molar refractivity (Wildman–Crippen MR) is 107 cm³/mol. The van der Waals surface area contributed by atoms with Crippen molar-refractivity contribution >= 4 is 17.3 Å². The highest BCUT2D eigenvalue weighted by atomic mass is 19.1. The minimum atomic E-state index is -0.680. The molecule has 0 aromatic heterocycles. The summed E-state index contributed by atoms with van der Waals surface area (Å²) >= 11 is 0. The fourth-order valence-corrected chi connectivity index (χ4v) is 3.75. The van der Waals surface area contributed by atoms with E-state index in [2.05, 4.69) is 12.4 Å². The van der Waals surface area contributed by atoms with E-state index in [9.17, 15) is 14.0 Å². The van der Waals surface area contributed by atoms with Crippen LogP contribution in [0.2, 0.25) is 0 Å². The summed E-state index contributed by atoms with van der Waals surface area (Å²) in [6.07, 6.45) is 0. The van der Waals surface area contributed by atoms with Crippen LogP contribution in [0.25, 0.3) is 0 Å². The van der Waals surface area contributed by atoms with Crippen LogP contribution in [0.4, 0.5) is 10.1 Å². The predicted octanol–water partition coefficient (Wildman–Crippen LogP) is 1.38. The number of anilines is 1. The molecule has 148 valence electrons. The van der Waals surface area contributed by atoms with Gasteiger partial charge >= 0.3 is 0 Å². The number of hydrogen-bond acceptors (Lipinski definition) is 5. The number of ketones is 2. The Balaban J connectivity index is 1.89. The Bertz CT molecular complexity index is 907. The summed E-state index contributed by atoms with van der Waals surface area (Å²) in [5.41, 5.74) is 12.4. The van der Waals surface area contributed by atoms with E-state index in [-0.39, 0.29) is 22.5 Å². The maximum Gasteiger partial charge on any atom is 0.197 e. The number of likely N-dealkylation sites (N-methyl/N-ethyl adjacent to an activating group) is 1. The molecule has 0 atom stereocenters. The van der Waals surface area contributed by atoms with Crippen molar-refractivity contribution < 1.29 is 18.5 Å². The average molecular weight is 385 g/mol. The average Bonchev–Trinajstić information content (AvgIpc) is 2.67. The molecular formula is C21H26FN4O2+. The molecule has 5 N–H and O–H groups in total. The SMILES string of the molecule is C[N+](CCN)(CCN)CCNc1ccc(F)c2c1C(=O)c1ccccc1C2=O. The van der Waals surface area contributed by atoms with Gasteiger partial charge in [0.2, 0.25) is 0 Å². The normalized spacial score (nSPS) is 13.3. The van der Waals surface area contributed by atoms with Crippen LogP contribution < -0.4 is 16.8 Å². The summed E-state index contributed by atoms with van der Waals surface area (Å²) in [6, 6.07) is 9.27. The van der Waals surface area contributed by atoms with Crippen molar-refractivity contribution in [2.45, 2.75) is 0 Å². The Morgan fingerprint density at radius 3 is 2.04 bits per heavy atom. The Labute approximate surface area is 163 Å². The van der Waals surface area contributed by atoms with E-state index in [1.54, 1.807) is 24.3 Å². The summed E-state index contributed by atoms with van der Waals surface area (Å²) in [7, 11) is 2.08. The molecule has 0 radical (unpaired) electrons. The van der Waals surface area contributed by atoms with Gasteiger partial charge in [0.25, 0.3) is 0 Å². The van der Waals surface area contributed by atoms with E-state index < -0.39 is 11.6 Å². The topological polar surface area (TPSA) is 98.2 Å². The number of rotatable bonds is 8. The monoisotopic (exact) mass is 385 g/mol. The lowest BCUT2D eigenvalue weighted by Gasteiger charge is -2.34. The Morgan fingerprint density at radius 2 is 1.46 bits per heavy atom. The van der Waals surface area contributed by atoms with Crippen molar-refractivity contribution in [3.8, 4) is 0 Å². The quantitative estimate of drug-likeness (QED) is 0.509. The second kappa shape index (κ2) is 8.18. The summed E-state index contributed by atoms with van der Waals surface area (Å²) in [5, 5.41) is 3.22. The molecule has 0 fully saturated rings. The minimum Gasteiger partial charge on any atom is -0.379 e. The molecule has 3 rings (SSSR count). The fraction of sp³-hybridized carbons (Fsp3) is 0.333. The lowest BCUT2D eigenvalue weighted by molar-refractivity contribution is -0.905.